The van der Waals surface area contributed by atoms with Crippen LogP contribution in [0.4, 0.5) is 17.2 Å². The van der Waals surface area contributed by atoms with Crippen molar-refractivity contribution < 1.29 is 14.8 Å². The minimum absolute atomic E-state index is 0.0789. The molecule has 0 saturated carbocycles. The molecule has 0 radical (unpaired) electrons. The molecule has 0 atom stereocenters. The second-order valence-corrected chi connectivity index (χ2v) is 3.41. The van der Waals surface area contributed by atoms with Gasteiger partial charge < -0.3 is 10.4 Å². The summed E-state index contributed by atoms with van der Waals surface area (Å²) in [5, 5.41) is 22.3. The molecule has 0 aromatic carbocycles. The fourth-order valence-corrected chi connectivity index (χ4v) is 1.31. The van der Waals surface area contributed by atoms with E-state index in [0.29, 0.717) is 5.69 Å². The van der Waals surface area contributed by atoms with E-state index in [-0.39, 0.29) is 11.4 Å². The van der Waals surface area contributed by atoms with Gasteiger partial charge in [-0.15, -0.1) is 0 Å². The van der Waals surface area contributed by atoms with Crippen LogP contribution in [-0.4, -0.2) is 31.0 Å². The van der Waals surface area contributed by atoms with Crippen molar-refractivity contribution in [2.24, 2.45) is 0 Å². The van der Waals surface area contributed by atoms with Crippen molar-refractivity contribution in [1.29, 1.82) is 0 Å². The molecule has 0 bridgehead atoms. The zero-order valence-corrected chi connectivity index (χ0v) is 9.35. The van der Waals surface area contributed by atoms with Crippen molar-refractivity contribution in [1.82, 2.24) is 15.0 Å². The SMILES string of the molecule is O=C(O)c1cnc(Nc2cncnc2)c([N+](=O)[O-])c1. The third-order valence-electron chi connectivity index (χ3n) is 2.13. The van der Waals surface area contributed by atoms with Gasteiger partial charge in [0.15, 0.2) is 0 Å². The highest BCUT2D eigenvalue weighted by molar-refractivity contribution is 5.89. The molecule has 0 aliphatic heterocycles. The van der Waals surface area contributed by atoms with Crippen LogP contribution in [0.5, 0.6) is 0 Å². The number of carboxylic acids is 1. The van der Waals surface area contributed by atoms with Crippen molar-refractivity contribution in [3.05, 3.63) is 46.7 Å². The number of aromatic nitrogens is 3. The molecule has 0 unspecified atom stereocenters. The fraction of sp³-hybridized carbons (Fsp3) is 0. The minimum Gasteiger partial charge on any atom is -0.478 e. The van der Waals surface area contributed by atoms with Gasteiger partial charge in [0.25, 0.3) is 0 Å². The van der Waals surface area contributed by atoms with Crippen LogP contribution < -0.4 is 5.32 Å². The summed E-state index contributed by atoms with van der Waals surface area (Å²) in [6.07, 6.45) is 5.15. The zero-order chi connectivity index (χ0) is 13.8. The summed E-state index contributed by atoms with van der Waals surface area (Å²) in [4.78, 5) is 32.1. The van der Waals surface area contributed by atoms with E-state index in [9.17, 15) is 14.9 Å². The highest BCUT2D eigenvalue weighted by atomic mass is 16.6. The number of carboxylic acid groups (broad SMARTS) is 1. The molecule has 0 amide bonds. The van der Waals surface area contributed by atoms with Gasteiger partial charge in [0.05, 0.1) is 28.6 Å². The average molecular weight is 261 g/mol. The molecule has 0 spiro atoms. The molecule has 19 heavy (non-hydrogen) atoms. The van der Waals surface area contributed by atoms with Gasteiger partial charge in [0.1, 0.15) is 6.33 Å². The van der Waals surface area contributed by atoms with Crippen LogP contribution in [0, 0.1) is 10.1 Å². The number of nitro groups is 1. The number of hydrogen-bond donors (Lipinski definition) is 2. The Bertz CT molecular complexity index is 631. The smallest absolute Gasteiger partial charge is 0.337 e. The predicted molar refractivity (Wildman–Crippen MR) is 63.2 cm³/mol. The first-order valence-corrected chi connectivity index (χ1v) is 4.97. The minimum atomic E-state index is -1.29. The van der Waals surface area contributed by atoms with Gasteiger partial charge in [0, 0.05) is 12.3 Å². The zero-order valence-electron chi connectivity index (χ0n) is 9.35. The lowest BCUT2D eigenvalue weighted by atomic mass is 10.2. The van der Waals surface area contributed by atoms with E-state index in [1.54, 1.807) is 0 Å². The lowest BCUT2D eigenvalue weighted by Crippen LogP contribution is -2.04. The van der Waals surface area contributed by atoms with Crippen molar-refractivity contribution in [2.45, 2.75) is 0 Å². The van der Waals surface area contributed by atoms with Gasteiger partial charge in [-0.1, -0.05) is 0 Å². The van der Waals surface area contributed by atoms with Gasteiger partial charge in [-0.2, -0.15) is 0 Å². The number of nitrogens with zero attached hydrogens (tertiary/aromatic N) is 4. The number of aromatic carboxylic acids is 1. The van der Waals surface area contributed by atoms with Crippen LogP contribution in [-0.2, 0) is 0 Å². The highest BCUT2D eigenvalue weighted by Crippen LogP contribution is 2.25. The maximum absolute atomic E-state index is 10.9. The second kappa shape index (κ2) is 5.04. The molecule has 9 nitrogen and oxygen atoms in total. The van der Waals surface area contributed by atoms with Crippen LogP contribution in [0.3, 0.4) is 0 Å². The Labute approximate surface area is 106 Å². The number of rotatable bonds is 4. The van der Waals surface area contributed by atoms with Crippen molar-refractivity contribution in [3.63, 3.8) is 0 Å². The normalized spacial score (nSPS) is 9.89. The number of carbonyl (C=O) groups is 1. The first-order chi connectivity index (χ1) is 9.08. The molecular weight excluding hydrogens is 254 g/mol. The van der Waals surface area contributed by atoms with Gasteiger partial charge in [-0.05, 0) is 0 Å². The molecule has 2 aromatic rings. The summed E-state index contributed by atoms with van der Waals surface area (Å²) in [5.74, 6) is -1.37. The lowest BCUT2D eigenvalue weighted by Gasteiger charge is -2.05. The van der Waals surface area contributed by atoms with Crippen LogP contribution in [0.25, 0.3) is 0 Å². The van der Waals surface area contributed by atoms with Crippen molar-refractivity contribution >= 4 is 23.2 Å². The standard InChI is InChI=1S/C10H7N5O4/c16-10(17)6-1-8(15(18)19)9(13-2-6)14-7-3-11-5-12-4-7/h1-5H,(H,13,14)(H,16,17). The summed E-state index contributed by atoms with van der Waals surface area (Å²) in [6, 6.07) is 0.932. The van der Waals surface area contributed by atoms with Gasteiger partial charge in [-0.3, -0.25) is 10.1 Å². The van der Waals surface area contributed by atoms with Gasteiger partial charge in [0.2, 0.25) is 5.82 Å². The topological polar surface area (TPSA) is 131 Å². The Kier molecular flexibility index (Phi) is 3.28. The molecule has 2 N–H and O–H groups in total. The van der Waals surface area contributed by atoms with E-state index >= 15 is 0 Å². The number of pyridine rings is 1. The number of nitrogens with one attached hydrogen (secondary N) is 1. The van der Waals surface area contributed by atoms with Crippen molar-refractivity contribution in [2.75, 3.05) is 5.32 Å². The van der Waals surface area contributed by atoms with E-state index < -0.39 is 16.6 Å². The molecule has 2 heterocycles. The van der Waals surface area contributed by atoms with Crippen LogP contribution in [0.2, 0.25) is 0 Å². The van der Waals surface area contributed by atoms with E-state index in [4.69, 9.17) is 5.11 Å². The molecule has 0 aliphatic carbocycles. The first-order valence-electron chi connectivity index (χ1n) is 4.97. The summed E-state index contributed by atoms with van der Waals surface area (Å²) in [6.45, 7) is 0. The van der Waals surface area contributed by atoms with E-state index in [0.717, 1.165) is 12.3 Å². The second-order valence-electron chi connectivity index (χ2n) is 3.41. The molecule has 96 valence electrons. The molecule has 2 rings (SSSR count). The predicted octanol–water partition coefficient (Wildman–Crippen LogP) is 1.22. The Morgan fingerprint density at radius 1 is 1.32 bits per heavy atom. The van der Waals surface area contributed by atoms with Crippen LogP contribution in [0.15, 0.2) is 31.0 Å². The molecule has 0 fully saturated rings. The third kappa shape index (κ3) is 2.77. The van der Waals surface area contributed by atoms with E-state index in [1.165, 1.54) is 18.7 Å². The van der Waals surface area contributed by atoms with E-state index in [1.807, 2.05) is 0 Å². The quantitative estimate of drug-likeness (QED) is 0.620. The van der Waals surface area contributed by atoms with Crippen molar-refractivity contribution in [3.8, 4) is 0 Å². The van der Waals surface area contributed by atoms with Crippen LogP contribution in [0.1, 0.15) is 10.4 Å². The van der Waals surface area contributed by atoms with Gasteiger partial charge >= 0.3 is 11.7 Å². The monoisotopic (exact) mass is 261 g/mol. The summed E-state index contributed by atoms with van der Waals surface area (Å²) in [5.41, 5.74) is -0.300. The molecular formula is C10H7N5O4. The maximum atomic E-state index is 10.9. The van der Waals surface area contributed by atoms with E-state index in [2.05, 4.69) is 20.3 Å². The Hall–Kier alpha value is -3.10. The molecule has 9 heteroatoms. The summed E-state index contributed by atoms with van der Waals surface area (Å²) < 4.78 is 0. The Balaban J connectivity index is 2.40. The maximum Gasteiger partial charge on any atom is 0.337 e. The average Bonchev–Trinajstić information content (AvgIpc) is 2.39. The number of anilines is 2. The lowest BCUT2D eigenvalue weighted by molar-refractivity contribution is -0.384. The molecule has 2 aromatic heterocycles. The molecule has 0 saturated heterocycles. The fourth-order valence-electron chi connectivity index (χ4n) is 1.31. The van der Waals surface area contributed by atoms with Crippen LogP contribution >= 0.6 is 0 Å². The summed E-state index contributed by atoms with van der Waals surface area (Å²) >= 11 is 0. The largest absolute Gasteiger partial charge is 0.478 e. The summed E-state index contributed by atoms with van der Waals surface area (Å²) in [7, 11) is 0. The Morgan fingerprint density at radius 3 is 2.58 bits per heavy atom. The molecule has 0 aliphatic rings. The number of hydrogen-bond acceptors (Lipinski definition) is 7. The highest BCUT2D eigenvalue weighted by Gasteiger charge is 2.19. The Morgan fingerprint density at radius 2 is 2.00 bits per heavy atom. The third-order valence-corrected chi connectivity index (χ3v) is 2.13. The van der Waals surface area contributed by atoms with Gasteiger partial charge in [-0.25, -0.2) is 19.7 Å². The first kappa shape index (κ1) is 12.4.